The molecule has 1 aliphatic rings. The van der Waals surface area contributed by atoms with Crippen LogP contribution in [0.2, 0.25) is 0 Å². The van der Waals surface area contributed by atoms with E-state index in [-0.39, 0.29) is 6.04 Å². The van der Waals surface area contributed by atoms with Crippen molar-refractivity contribution in [2.45, 2.75) is 24.9 Å². The topological polar surface area (TPSA) is 59.0 Å². The molecule has 0 saturated carbocycles. The normalized spacial score (nSPS) is 19.2. The zero-order valence-corrected chi connectivity index (χ0v) is 14.6. The SMILES string of the molecule is COc1cccc(OC)c1C(c1cccs1)N1CCCC1C(=O)O. The van der Waals surface area contributed by atoms with Gasteiger partial charge in [0.2, 0.25) is 0 Å². The maximum atomic E-state index is 11.7. The van der Waals surface area contributed by atoms with Crippen LogP contribution in [0.4, 0.5) is 0 Å². The van der Waals surface area contributed by atoms with Gasteiger partial charge in [-0.05, 0) is 36.4 Å². The standard InChI is InChI=1S/C18H21NO4S/c1-22-13-7-3-8-14(23-2)16(13)17(15-9-5-11-24-15)19-10-4-6-12(19)18(20)21/h3,5,7-9,11-12,17H,4,6,10H2,1-2H3,(H,20,21). The van der Waals surface area contributed by atoms with E-state index in [4.69, 9.17) is 9.47 Å². The van der Waals surface area contributed by atoms with Crippen LogP contribution in [0.1, 0.15) is 29.3 Å². The smallest absolute Gasteiger partial charge is 0.320 e. The van der Waals surface area contributed by atoms with Crippen LogP contribution in [0.15, 0.2) is 35.7 Å². The van der Waals surface area contributed by atoms with E-state index in [2.05, 4.69) is 4.90 Å². The molecule has 0 aliphatic carbocycles. The number of likely N-dealkylation sites (tertiary alicyclic amines) is 1. The number of nitrogens with zero attached hydrogens (tertiary/aromatic N) is 1. The molecule has 0 bridgehead atoms. The van der Waals surface area contributed by atoms with Gasteiger partial charge in [0.1, 0.15) is 17.5 Å². The highest BCUT2D eigenvalue weighted by Gasteiger charge is 2.39. The Bertz CT molecular complexity index is 679. The number of benzene rings is 1. The van der Waals surface area contributed by atoms with E-state index >= 15 is 0 Å². The van der Waals surface area contributed by atoms with Gasteiger partial charge in [-0.3, -0.25) is 9.69 Å². The summed E-state index contributed by atoms with van der Waals surface area (Å²) in [5, 5.41) is 11.6. The number of ether oxygens (including phenoxy) is 2. The Balaban J connectivity index is 2.15. The van der Waals surface area contributed by atoms with Gasteiger partial charge in [-0.15, -0.1) is 11.3 Å². The number of hydrogen-bond donors (Lipinski definition) is 1. The average molecular weight is 347 g/mol. The Morgan fingerprint density at radius 3 is 2.50 bits per heavy atom. The lowest BCUT2D eigenvalue weighted by Crippen LogP contribution is -2.39. The summed E-state index contributed by atoms with van der Waals surface area (Å²) in [6.07, 6.45) is 1.53. The third kappa shape index (κ3) is 2.99. The highest BCUT2D eigenvalue weighted by Crippen LogP contribution is 2.44. The molecule has 2 atom stereocenters. The van der Waals surface area contributed by atoms with Crippen molar-refractivity contribution >= 4 is 17.3 Å². The van der Waals surface area contributed by atoms with Crippen LogP contribution in [0.5, 0.6) is 11.5 Å². The van der Waals surface area contributed by atoms with E-state index in [9.17, 15) is 9.90 Å². The molecular weight excluding hydrogens is 326 g/mol. The molecule has 2 heterocycles. The minimum atomic E-state index is -0.775. The molecule has 1 fully saturated rings. The Hall–Kier alpha value is -2.05. The van der Waals surface area contributed by atoms with Crippen LogP contribution >= 0.6 is 11.3 Å². The second-order valence-electron chi connectivity index (χ2n) is 5.73. The number of thiophene rings is 1. The van der Waals surface area contributed by atoms with Gasteiger partial charge >= 0.3 is 5.97 Å². The van der Waals surface area contributed by atoms with Crippen molar-refractivity contribution in [3.8, 4) is 11.5 Å². The fraction of sp³-hybridized carbons (Fsp3) is 0.389. The second-order valence-corrected chi connectivity index (χ2v) is 6.71. The lowest BCUT2D eigenvalue weighted by molar-refractivity contribution is -0.142. The van der Waals surface area contributed by atoms with Gasteiger partial charge in [0.05, 0.1) is 25.8 Å². The Morgan fingerprint density at radius 2 is 1.96 bits per heavy atom. The molecule has 2 aromatic rings. The summed E-state index contributed by atoms with van der Waals surface area (Å²) in [5.41, 5.74) is 0.887. The molecule has 1 saturated heterocycles. The molecule has 0 amide bonds. The van der Waals surface area contributed by atoms with Gasteiger partial charge in [0, 0.05) is 11.4 Å². The first-order valence-corrected chi connectivity index (χ1v) is 8.78. The Morgan fingerprint density at radius 1 is 1.25 bits per heavy atom. The third-order valence-corrected chi connectivity index (χ3v) is 5.39. The quantitative estimate of drug-likeness (QED) is 0.868. The second kappa shape index (κ2) is 7.23. The van der Waals surface area contributed by atoms with Crippen LogP contribution in [-0.2, 0) is 4.79 Å². The van der Waals surface area contributed by atoms with Gasteiger partial charge in [0.25, 0.3) is 0 Å². The summed E-state index contributed by atoms with van der Waals surface area (Å²) in [4.78, 5) is 14.9. The molecule has 5 nitrogen and oxygen atoms in total. The van der Waals surface area contributed by atoms with Crippen molar-refractivity contribution in [3.05, 3.63) is 46.2 Å². The predicted octanol–water partition coefficient (Wildman–Crippen LogP) is 3.40. The number of carboxylic acid groups (broad SMARTS) is 1. The Labute approximate surface area is 145 Å². The van der Waals surface area contributed by atoms with Gasteiger partial charge in [-0.1, -0.05) is 12.1 Å². The largest absolute Gasteiger partial charge is 0.496 e. The molecule has 1 aromatic carbocycles. The van der Waals surface area contributed by atoms with Crippen molar-refractivity contribution in [1.29, 1.82) is 0 Å². The van der Waals surface area contributed by atoms with Crippen molar-refractivity contribution < 1.29 is 19.4 Å². The molecule has 2 unspecified atom stereocenters. The first kappa shape index (κ1) is 16.8. The number of carboxylic acids is 1. The molecule has 3 rings (SSSR count). The fourth-order valence-corrected chi connectivity index (χ4v) is 4.28. The molecule has 24 heavy (non-hydrogen) atoms. The van der Waals surface area contributed by atoms with Crippen molar-refractivity contribution in [2.24, 2.45) is 0 Å². The lowest BCUT2D eigenvalue weighted by Gasteiger charge is -2.32. The highest BCUT2D eigenvalue weighted by atomic mass is 32.1. The predicted molar refractivity (Wildman–Crippen MR) is 93.1 cm³/mol. The van der Waals surface area contributed by atoms with E-state index in [0.717, 1.165) is 23.4 Å². The highest BCUT2D eigenvalue weighted by molar-refractivity contribution is 7.10. The zero-order chi connectivity index (χ0) is 17.1. The summed E-state index contributed by atoms with van der Waals surface area (Å²) in [6, 6.07) is 9.01. The number of carbonyl (C=O) groups is 1. The van der Waals surface area contributed by atoms with Crippen LogP contribution in [-0.4, -0.2) is 42.8 Å². The summed E-state index contributed by atoms with van der Waals surface area (Å²) >= 11 is 1.62. The van der Waals surface area contributed by atoms with Gasteiger partial charge in [0.15, 0.2) is 0 Å². The number of rotatable bonds is 6. The molecular formula is C18H21NO4S. The molecule has 6 heteroatoms. The lowest BCUT2D eigenvalue weighted by atomic mass is 10.00. The molecule has 0 spiro atoms. The average Bonchev–Trinajstić information content (AvgIpc) is 3.27. The maximum absolute atomic E-state index is 11.7. The van der Waals surface area contributed by atoms with E-state index in [1.807, 2.05) is 35.7 Å². The molecule has 0 radical (unpaired) electrons. The number of hydrogen-bond acceptors (Lipinski definition) is 5. The third-order valence-electron chi connectivity index (χ3n) is 4.46. The monoisotopic (exact) mass is 347 g/mol. The van der Waals surface area contributed by atoms with Gasteiger partial charge < -0.3 is 14.6 Å². The minimum Gasteiger partial charge on any atom is -0.496 e. The molecule has 1 aliphatic heterocycles. The maximum Gasteiger partial charge on any atom is 0.320 e. The summed E-state index contributed by atoms with van der Waals surface area (Å²) in [7, 11) is 3.25. The van der Waals surface area contributed by atoms with E-state index in [1.54, 1.807) is 25.6 Å². The molecule has 1 N–H and O–H groups in total. The van der Waals surface area contributed by atoms with Crippen molar-refractivity contribution in [1.82, 2.24) is 4.90 Å². The van der Waals surface area contributed by atoms with Crippen LogP contribution in [0.3, 0.4) is 0 Å². The van der Waals surface area contributed by atoms with Crippen molar-refractivity contribution in [3.63, 3.8) is 0 Å². The minimum absolute atomic E-state index is 0.195. The number of aliphatic carboxylic acids is 1. The van der Waals surface area contributed by atoms with Crippen LogP contribution in [0, 0.1) is 0 Å². The first-order chi connectivity index (χ1) is 11.7. The zero-order valence-electron chi connectivity index (χ0n) is 13.8. The van der Waals surface area contributed by atoms with Crippen molar-refractivity contribution in [2.75, 3.05) is 20.8 Å². The summed E-state index contributed by atoms with van der Waals surface area (Å²) in [6.45, 7) is 0.737. The van der Waals surface area contributed by atoms with E-state index < -0.39 is 12.0 Å². The first-order valence-electron chi connectivity index (χ1n) is 7.90. The number of methoxy groups -OCH3 is 2. The summed E-state index contributed by atoms with van der Waals surface area (Å²) in [5.74, 6) is 0.649. The molecule has 1 aromatic heterocycles. The molecule has 128 valence electrons. The fourth-order valence-electron chi connectivity index (χ4n) is 3.43. The van der Waals surface area contributed by atoms with Gasteiger partial charge in [-0.25, -0.2) is 0 Å². The van der Waals surface area contributed by atoms with Gasteiger partial charge in [-0.2, -0.15) is 0 Å². The summed E-state index contributed by atoms with van der Waals surface area (Å²) < 4.78 is 11.1. The Kier molecular flexibility index (Phi) is 5.06. The van der Waals surface area contributed by atoms with Crippen LogP contribution in [0.25, 0.3) is 0 Å². The van der Waals surface area contributed by atoms with E-state index in [0.29, 0.717) is 17.9 Å². The van der Waals surface area contributed by atoms with E-state index in [1.165, 1.54) is 0 Å². The van der Waals surface area contributed by atoms with Crippen LogP contribution < -0.4 is 9.47 Å².